The van der Waals surface area contributed by atoms with Gasteiger partial charge in [-0.2, -0.15) is 0 Å². The van der Waals surface area contributed by atoms with Gasteiger partial charge in [-0.3, -0.25) is 14.4 Å². The topological polar surface area (TPSA) is 70.8 Å². The van der Waals surface area contributed by atoms with Crippen LogP contribution in [0.2, 0.25) is 0 Å². The van der Waals surface area contributed by atoms with Crippen molar-refractivity contribution in [3.63, 3.8) is 0 Å². The van der Waals surface area contributed by atoms with Crippen molar-refractivity contribution in [1.29, 1.82) is 0 Å². The summed E-state index contributed by atoms with van der Waals surface area (Å²) in [6.07, 6.45) is 0. The highest BCUT2D eigenvalue weighted by Gasteiger charge is 2.65. The normalized spacial score (nSPS) is 17.5. The molecule has 2 aliphatic heterocycles. The molecule has 2 amide bonds. The van der Waals surface area contributed by atoms with Gasteiger partial charge in [0.25, 0.3) is 11.8 Å². The van der Waals surface area contributed by atoms with Crippen molar-refractivity contribution in [3.8, 4) is 0 Å². The van der Waals surface area contributed by atoms with Gasteiger partial charge in [0.1, 0.15) is 17.2 Å². The van der Waals surface area contributed by atoms with E-state index in [2.05, 4.69) is 0 Å². The van der Waals surface area contributed by atoms with E-state index in [0.717, 1.165) is 23.3 Å². The number of aryl methyl sites for hydroxylation is 1. The first-order valence-corrected chi connectivity index (χ1v) is 13.1. The maximum absolute atomic E-state index is 14.8. The Balaban J connectivity index is 1.50. The quantitative estimate of drug-likeness (QED) is 0.284. The molecule has 1 spiro atoms. The zero-order valence-corrected chi connectivity index (χ0v) is 21.9. The van der Waals surface area contributed by atoms with E-state index in [1.165, 1.54) is 35.2 Å². The smallest absolute Gasteiger partial charge is 0.291 e. The van der Waals surface area contributed by atoms with E-state index in [1.54, 1.807) is 29.2 Å². The highest BCUT2D eigenvalue weighted by atomic mass is 19.1. The number of halogens is 2. The fourth-order valence-electron chi connectivity index (χ4n) is 5.99. The second-order valence-corrected chi connectivity index (χ2v) is 10.4. The average molecular weight is 549 g/mol. The van der Waals surface area contributed by atoms with Crippen LogP contribution in [0.4, 0.5) is 14.5 Å². The van der Waals surface area contributed by atoms with Crippen molar-refractivity contribution >= 4 is 28.5 Å². The molecule has 0 fully saturated rings. The van der Waals surface area contributed by atoms with Gasteiger partial charge in [-0.25, -0.2) is 8.78 Å². The molecule has 0 saturated carbocycles. The second-order valence-electron chi connectivity index (χ2n) is 10.4. The molecular weight excluding hydrogens is 526 g/mol. The lowest BCUT2D eigenvalue weighted by molar-refractivity contribution is -0.126. The number of rotatable bonds is 4. The Morgan fingerprint density at radius 2 is 1.44 bits per heavy atom. The van der Waals surface area contributed by atoms with Crippen LogP contribution in [0.15, 0.2) is 100 Å². The van der Waals surface area contributed by atoms with Crippen molar-refractivity contribution in [2.75, 3.05) is 4.90 Å². The van der Waals surface area contributed by atoms with Crippen molar-refractivity contribution < 1.29 is 22.8 Å². The summed E-state index contributed by atoms with van der Waals surface area (Å²) in [5, 5.41) is -0.0678. The Hall–Kier alpha value is -5.11. The molecule has 0 bridgehead atoms. The standard InChI is InChI=1S/C33H22F2N2O4/c1-19-6-8-20(9-7-19)17-36-26-5-3-2-4-25(26)33(32(36)40)28-29(38)24-16-23(35)14-15-27(24)41-30(28)31(39)37(33)18-21-10-12-22(34)13-11-21/h2-16H,17-18H2,1H3. The first-order valence-electron chi connectivity index (χ1n) is 13.1. The molecule has 4 aromatic carbocycles. The van der Waals surface area contributed by atoms with E-state index in [0.29, 0.717) is 16.8 Å². The number of anilines is 1. The number of amides is 2. The van der Waals surface area contributed by atoms with Crippen LogP contribution in [-0.2, 0) is 23.4 Å². The zero-order chi connectivity index (χ0) is 28.5. The van der Waals surface area contributed by atoms with E-state index in [1.807, 2.05) is 31.2 Å². The van der Waals surface area contributed by atoms with Crippen molar-refractivity contribution in [1.82, 2.24) is 4.90 Å². The Morgan fingerprint density at radius 3 is 2.20 bits per heavy atom. The number of hydrogen-bond donors (Lipinski definition) is 0. The van der Waals surface area contributed by atoms with E-state index in [-0.39, 0.29) is 35.4 Å². The molecule has 202 valence electrons. The fraction of sp³-hybridized carbons (Fsp3) is 0.121. The van der Waals surface area contributed by atoms with E-state index in [9.17, 15) is 23.2 Å². The number of benzene rings is 4. The van der Waals surface area contributed by atoms with E-state index < -0.39 is 34.4 Å². The van der Waals surface area contributed by atoms with Gasteiger partial charge < -0.3 is 14.2 Å². The van der Waals surface area contributed by atoms with E-state index in [4.69, 9.17) is 4.42 Å². The summed E-state index contributed by atoms with van der Waals surface area (Å²) < 4.78 is 34.0. The van der Waals surface area contributed by atoms with Crippen LogP contribution in [0, 0.1) is 18.6 Å². The molecular formula is C33H22F2N2O4. The fourth-order valence-corrected chi connectivity index (χ4v) is 5.99. The number of carbonyl (C=O) groups is 2. The number of fused-ring (bicyclic) bond motifs is 5. The maximum Gasteiger partial charge on any atom is 0.291 e. The maximum atomic E-state index is 14.8. The van der Waals surface area contributed by atoms with Crippen LogP contribution in [0.1, 0.15) is 38.4 Å². The summed E-state index contributed by atoms with van der Waals surface area (Å²) in [5.74, 6) is -2.53. The van der Waals surface area contributed by atoms with E-state index >= 15 is 0 Å². The van der Waals surface area contributed by atoms with Crippen molar-refractivity contribution in [2.45, 2.75) is 25.6 Å². The summed E-state index contributed by atoms with van der Waals surface area (Å²) in [6.45, 7) is 2.06. The molecule has 1 atom stereocenters. The highest BCUT2D eigenvalue weighted by molar-refractivity contribution is 6.17. The van der Waals surface area contributed by atoms with Crippen LogP contribution in [0.3, 0.4) is 0 Å². The minimum absolute atomic E-state index is 0.0394. The third-order valence-corrected chi connectivity index (χ3v) is 7.91. The second kappa shape index (κ2) is 8.96. The summed E-state index contributed by atoms with van der Waals surface area (Å²) in [4.78, 5) is 46.0. The van der Waals surface area contributed by atoms with Gasteiger partial charge in [0.15, 0.2) is 11.0 Å². The Morgan fingerprint density at radius 1 is 0.780 bits per heavy atom. The van der Waals surface area contributed by atoms with Crippen molar-refractivity contribution in [3.05, 3.63) is 146 Å². The van der Waals surface area contributed by atoms with Gasteiger partial charge in [-0.05, 0) is 54.4 Å². The SMILES string of the molecule is Cc1ccc(CN2C(=O)C3(c4ccccc42)c2c(oc4ccc(F)cc4c2=O)C(=O)N3Cc2ccc(F)cc2)cc1. The molecule has 2 aliphatic rings. The molecule has 7 rings (SSSR count). The third-order valence-electron chi connectivity index (χ3n) is 7.91. The van der Waals surface area contributed by atoms with Crippen LogP contribution in [0.25, 0.3) is 11.0 Å². The average Bonchev–Trinajstić information content (AvgIpc) is 3.36. The van der Waals surface area contributed by atoms with Crippen LogP contribution >= 0.6 is 0 Å². The lowest BCUT2D eigenvalue weighted by Crippen LogP contribution is -2.52. The molecule has 6 nitrogen and oxygen atoms in total. The van der Waals surface area contributed by atoms with Crippen LogP contribution in [0.5, 0.6) is 0 Å². The molecule has 0 radical (unpaired) electrons. The summed E-state index contributed by atoms with van der Waals surface area (Å²) in [5.41, 5.74) is 0.825. The van der Waals surface area contributed by atoms with Gasteiger partial charge in [-0.1, -0.05) is 60.2 Å². The number of para-hydroxylation sites is 1. The number of carbonyl (C=O) groups excluding carboxylic acids is 2. The van der Waals surface area contributed by atoms with Gasteiger partial charge >= 0.3 is 0 Å². The minimum Gasteiger partial charge on any atom is -0.450 e. The predicted octanol–water partition coefficient (Wildman–Crippen LogP) is 5.83. The Bertz CT molecular complexity index is 1950. The first kappa shape index (κ1) is 24.9. The van der Waals surface area contributed by atoms with Crippen LogP contribution < -0.4 is 10.3 Å². The number of nitrogens with zero attached hydrogens (tertiary/aromatic N) is 2. The summed E-state index contributed by atoms with van der Waals surface area (Å²) in [6, 6.07) is 23.8. The highest BCUT2D eigenvalue weighted by Crippen LogP contribution is 2.53. The zero-order valence-electron chi connectivity index (χ0n) is 21.9. The Kier molecular flexibility index (Phi) is 5.44. The molecule has 8 heteroatoms. The lowest BCUT2D eigenvalue weighted by Gasteiger charge is -2.34. The molecule has 5 aromatic rings. The molecule has 3 heterocycles. The molecule has 1 unspecified atom stereocenters. The monoisotopic (exact) mass is 548 g/mol. The molecule has 0 N–H and O–H groups in total. The summed E-state index contributed by atoms with van der Waals surface area (Å²) in [7, 11) is 0. The molecule has 0 aliphatic carbocycles. The van der Waals surface area contributed by atoms with Crippen LogP contribution in [-0.4, -0.2) is 16.7 Å². The lowest BCUT2D eigenvalue weighted by atomic mass is 9.83. The largest absolute Gasteiger partial charge is 0.450 e. The molecule has 0 saturated heterocycles. The van der Waals surface area contributed by atoms with Gasteiger partial charge in [0, 0.05) is 12.1 Å². The van der Waals surface area contributed by atoms with Crippen molar-refractivity contribution in [2.24, 2.45) is 0 Å². The molecule has 1 aromatic heterocycles. The van der Waals surface area contributed by atoms with Gasteiger partial charge in [-0.15, -0.1) is 0 Å². The first-order chi connectivity index (χ1) is 19.8. The third kappa shape index (κ3) is 3.57. The minimum atomic E-state index is -1.87. The van der Waals surface area contributed by atoms with Gasteiger partial charge in [0.05, 0.1) is 23.2 Å². The number of hydrogen-bond acceptors (Lipinski definition) is 4. The Labute approximate surface area is 233 Å². The molecule has 41 heavy (non-hydrogen) atoms. The predicted molar refractivity (Wildman–Crippen MR) is 148 cm³/mol. The summed E-state index contributed by atoms with van der Waals surface area (Å²) >= 11 is 0. The van der Waals surface area contributed by atoms with Gasteiger partial charge in [0.2, 0.25) is 5.76 Å².